The molecule has 0 aromatic heterocycles. The third-order valence-electron chi connectivity index (χ3n) is 6.70. The summed E-state index contributed by atoms with van der Waals surface area (Å²) in [5, 5.41) is 14.5. The number of aliphatic hydroxyl groups excluding tert-OH is 1. The van der Waals surface area contributed by atoms with Crippen LogP contribution in [0.2, 0.25) is 10.0 Å². The lowest BCUT2D eigenvalue weighted by Crippen LogP contribution is -2.29. The fraction of sp³-hybridized carbons (Fsp3) is 0.364. The van der Waals surface area contributed by atoms with Crippen LogP contribution in [0.4, 0.5) is 5.69 Å². The quantitative estimate of drug-likeness (QED) is 0.115. The highest BCUT2D eigenvalue weighted by Crippen LogP contribution is 2.31. The second-order valence-electron chi connectivity index (χ2n) is 10.2. The maximum atomic E-state index is 11.1. The number of nitrogen functional groups attached to an aromatic ring is 1. The molecule has 8 heteroatoms. The van der Waals surface area contributed by atoms with Crippen LogP contribution in [0.25, 0.3) is 6.08 Å². The van der Waals surface area contributed by atoms with E-state index in [0.717, 1.165) is 56.5 Å². The van der Waals surface area contributed by atoms with Gasteiger partial charge in [-0.05, 0) is 59.8 Å². The van der Waals surface area contributed by atoms with Crippen LogP contribution < -0.4 is 11.1 Å². The molecule has 3 aromatic rings. The molecule has 1 unspecified atom stereocenters. The number of nitrogens with zero attached hydrogens (tertiary/aromatic N) is 1. The highest BCUT2D eigenvalue weighted by Gasteiger charge is 2.17. The molecule has 0 saturated carbocycles. The van der Waals surface area contributed by atoms with Gasteiger partial charge in [0.15, 0.2) is 0 Å². The number of halogens is 2. The number of unbranched alkanes of at least 4 members (excludes halogenated alkanes) is 3. The largest absolute Gasteiger partial charge is 0.396 e. The van der Waals surface area contributed by atoms with Crippen LogP contribution in [0.3, 0.4) is 0 Å². The van der Waals surface area contributed by atoms with Crippen molar-refractivity contribution in [1.29, 1.82) is 0 Å². The number of amides is 1. The maximum absolute atomic E-state index is 11.1. The monoisotopic (exact) mass is 597 g/mol. The molecule has 0 spiro atoms. The molecule has 1 amide bonds. The van der Waals surface area contributed by atoms with Gasteiger partial charge >= 0.3 is 0 Å². The molecule has 220 valence electrons. The summed E-state index contributed by atoms with van der Waals surface area (Å²) in [6.07, 6.45) is 7.53. The highest BCUT2D eigenvalue weighted by atomic mass is 35.5. The topological polar surface area (TPSA) is 87.8 Å². The molecule has 3 aromatic carbocycles. The van der Waals surface area contributed by atoms with Crippen LogP contribution in [0.5, 0.6) is 0 Å². The minimum atomic E-state index is -0.726. The molecule has 41 heavy (non-hydrogen) atoms. The van der Waals surface area contributed by atoms with Gasteiger partial charge in [0.05, 0.1) is 28.4 Å². The van der Waals surface area contributed by atoms with E-state index >= 15 is 0 Å². The van der Waals surface area contributed by atoms with Crippen molar-refractivity contribution >= 4 is 40.9 Å². The zero-order valence-corrected chi connectivity index (χ0v) is 25.2. The first-order valence-corrected chi connectivity index (χ1v) is 14.8. The minimum Gasteiger partial charge on any atom is -0.396 e. The lowest BCUT2D eigenvalue weighted by molar-refractivity contribution is -0.119. The van der Waals surface area contributed by atoms with Gasteiger partial charge in [-0.1, -0.05) is 96.7 Å². The first-order valence-electron chi connectivity index (χ1n) is 14.1. The van der Waals surface area contributed by atoms with E-state index in [2.05, 4.69) is 28.4 Å². The van der Waals surface area contributed by atoms with Crippen LogP contribution in [0.15, 0.2) is 72.8 Å². The summed E-state index contributed by atoms with van der Waals surface area (Å²) in [5.41, 5.74) is 10.2. The molecule has 0 heterocycles. The molecule has 4 N–H and O–H groups in total. The third-order valence-corrected chi connectivity index (χ3v) is 7.32. The number of ether oxygens (including phenoxy) is 1. The smallest absolute Gasteiger partial charge is 0.217 e. The second-order valence-corrected chi connectivity index (χ2v) is 11.0. The van der Waals surface area contributed by atoms with Gasteiger partial charge in [-0.25, -0.2) is 0 Å². The predicted molar refractivity (Wildman–Crippen MR) is 170 cm³/mol. The Hall–Kier alpha value is -2.87. The molecular formula is C33H41Cl2N3O3. The highest BCUT2D eigenvalue weighted by molar-refractivity contribution is 6.38. The average Bonchev–Trinajstić information content (AvgIpc) is 2.96. The molecule has 0 aliphatic rings. The number of anilines is 1. The summed E-state index contributed by atoms with van der Waals surface area (Å²) in [7, 11) is 0. The number of nitrogens with one attached hydrogen (secondary N) is 1. The summed E-state index contributed by atoms with van der Waals surface area (Å²) in [5.74, 6) is -0.0338. The SMILES string of the molecule is CC(=O)NCc1cccc(C=CCOCCCCCCN(Cc2ccccc2)CC(O)c2cc(Cl)c(N)c(Cl)c2)c1. The van der Waals surface area contributed by atoms with Crippen molar-refractivity contribution in [2.45, 2.75) is 51.8 Å². The van der Waals surface area contributed by atoms with Gasteiger partial charge in [-0.3, -0.25) is 9.69 Å². The van der Waals surface area contributed by atoms with Crippen LogP contribution in [0, 0.1) is 0 Å². The first kappa shape index (κ1) is 32.6. The molecule has 0 aliphatic heterocycles. The van der Waals surface area contributed by atoms with Crippen molar-refractivity contribution in [3.8, 4) is 0 Å². The Labute approximate surface area is 254 Å². The maximum Gasteiger partial charge on any atom is 0.217 e. The van der Waals surface area contributed by atoms with Crippen molar-refractivity contribution in [2.75, 3.05) is 32.0 Å². The van der Waals surface area contributed by atoms with E-state index < -0.39 is 6.10 Å². The summed E-state index contributed by atoms with van der Waals surface area (Å²) >= 11 is 12.4. The zero-order valence-electron chi connectivity index (χ0n) is 23.7. The minimum absolute atomic E-state index is 0.0338. The van der Waals surface area contributed by atoms with Crippen molar-refractivity contribution in [3.63, 3.8) is 0 Å². The summed E-state index contributed by atoms with van der Waals surface area (Å²) < 4.78 is 5.78. The second kappa shape index (κ2) is 17.8. The average molecular weight is 599 g/mol. The molecule has 0 bridgehead atoms. The van der Waals surface area contributed by atoms with Gasteiger partial charge in [0, 0.05) is 33.2 Å². The van der Waals surface area contributed by atoms with Crippen LogP contribution in [-0.4, -0.2) is 42.2 Å². The normalized spacial score (nSPS) is 12.2. The van der Waals surface area contributed by atoms with Crippen molar-refractivity contribution in [3.05, 3.63) is 105 Å². The Morgan fingerprint density at radius 2 is 1.71 bits per heavy atom. The molecular weight excluding hydrogens is 557 g/mol. The van der Waals surface area contributed by atoms with Crippen LogP contribution >= 0.6 is 23.2 Å². The zero-order chi connectivity index (χ0) is 29.5. The Morgan fingerprint density at radius 1 is 1.00 bits per heavy atom. The van der Waals surface area contributed by atoms with Gasteiger partial charge in [0.2, 0.25) is 5.91 Å². The Morgan fingerprint density at radius 3 is 2.44 bits per heavy atom. The number of aliphatic hydroxyl groups is 1. The predicted octanol–water partition coefficient (Wildman–Crippen LogP) is 7.04. The van der Waals surface area contributed by atoms with E-state index in [-0.39, 0.29) is 5.91 Å². The van der Waals surface area contributed by atoms with Gasteiger partial charge < -0.3 is 20.9 Å². The van der Waals surface area contributed by atoms with Gasteiger partial charge in [0.1, 0.15) is 0 Å². The standard InChI is InChI=1S/C33H41Cl2N3O3/c1-25(39)37-22-28-14-9-13-26(19-28)15-10-18-41-17-8-3-2-7-16-38(23-27-11-5-4-6-12-27)24-32(40)29-20-30(34)33(36)31(35)21-29/h4-6,9-15,19-21,32,40H,2-3,7-8,16-18,22-24,36H2,1H3,(H,37,39). The Bertz CT molecular complexity index is 1230. The third kappa shape index (κ3) is 12.3. The molecule has 3 rings (SSSR count). The molecule has 0 saturated heterocycles. The van der Waals surface area contributed by atoms with E-state index in [1.54, 1.807) is 12.1 Å². The summed E-state index contributed by atoms with van der Waals surface area (Å²) in [6, 6.07) is 21.7. The molecule has 6 nitrogen and oxygen atoms in total. The number of rotatable bonds is 17. The summed E-state index contributed by atoms with van der Waals surface area (Å²) in [4.78, 5) is 13.4. The number of hydrogen-bond acceptors (Lipinski definition) is 5. The first-order chi connectivity index (χ1) is 19.8. The van der Waals surface area contributed by atoms with Crippen molar-refractivity contribution in [1.82, 2.24) is 10.2 Å². The fourth-order valence-corrected chi connectivity index (χ4v) is 4.99. The molecule has 0 radical (unpaired) electrons. The van der Waals surface area contributed by atoms with Crippen LogP contribution in [-0.2, 0) is 22.6 Å². The fourth-order valence-electron chi connectivity index (χ4n) is 4.48. The molecule has 0 aliphatic carbocycles. The van der Waals surface area contributed by atoms with Gasteiger partial charge in [0.25, 0.3) is 0 Å². The lowest BCUT2D eigenvalue weighted by Gasteiger charge is -2.26. The van der Waals surface area contributed by atoms with E-state index in [1.165, 1.54) is 12.5 Å². The number of carbonyl (C=O) groups is 1. The Balaban J connectivity index is 1.37. The van der Waals surface area contributed by atoms with Crippen molar-refractivity contribution < 1.29 is 14.6 Å². The molecule has 1 atom stereocenters. The number of carbonyl (C=O) groups excluding carboxylic acids is 1. The van der Waals surface area contributed by atoms with E-state index in [4.69, 9.17) is 33.7 Å². The van der Waals surface area contributed by atoms with Gasteiger partial charge in [-0.15, -0.1) is 0 Å². The van der Waals surface area contributed by atoms with E-state index in [9.17, 15) is 9.90 Å². The molecule has 0 fully saturated rings. The van der Waals surface area contributed by atoms with E-state index in [0.29, 0.717) is 41.0 Å². The lowest BCUT2D eigenvalue weighted by atomic mass is 10.1. The summed E-state index contributed by atoms with van der Waals surface area (Å²) in [6.45, 7) is 5.43. The van der Waals surface area contributed by atoms with Crippen molar-refractivity contribution in [2.24, 2.45) is 0 Å². The van der Waals surface area contributed by atoms with Crippen LogP contribution in [0.1, 0.15) is 61.0 Å². The van der Waals surface area contributed by atoms with E-state index in [1.807, 2.05) is 48.6 Å². The number of nitrogens with two attached hydrogens (primary N) is 1. The number of benzene rings is 3. The number of hydrogen-bond donors (Lipinski definition) is 3. The van der Waals surface area contributed by atoms with Gasteiger partial charge in [-0.2, -0.15) is 0 Å². The Kier molecular flexibility index (Phi) is 14.2.